The van der Waals surface area contributed by atoms with Crippen LogP contribution in [0.2, 0.25) is 0 Å². The van der Waals surface area contributed by atoms with E-state index in [-0.39, 0.29) is 5.91 Å². The molecule has 0 bridgehead atoms. The minimum atomic E-state index is -0.701. The molecule has 2 aromatic carbocycles. The molecule has 1 aliphatic rings. The van der Waals surface area contributed by atoms with Crippen LogP contribution < -0.4 is 14.9 Å². The quantitative estimate of drug-likeness (QED) is 0.291. The summed E-state index contributed by atoms with van der Waals surface area (Å²) in [4.78, 5) is 13.7. The lowest BCUT2D eigenvalue weighted by molar-refractivity contribution is 0.0828. The van der Waals surface area contributed by atoms with E-state index in [1.54, 1.807) is 11.9 Å². The lowest BCUT2D eigenvalue weighted by Crippen LogP contribution is -2.49. The fraction of sp³-hybridized carbons (Fsp3) is 0.500. The number of rotatable bonds is 12. The molecule has 1 amide bonds. The lowest BCUT2D eigenvalue weighted by Gasteiger charge is -2.26. The number of amides is 1. The Bertz CT molecular complexity index is 1180. The van der Waals surface area contributed by atoms with Crippen LogP contribution in [0.1, 0.15) is 55.1 Å². The minimum Gasteiger partial charge on any atom is -0.390 e. The van der Waals surface area contributed by atoms with Gasteiger partial charge in [0.2, 0.25) is 0 Å². The number of carbonyl (C=O) groups is 1. The summed E-state index contributed by atoms with van der Waals surface area (Å²) in [5, 5.41) is 19.1. The molecule has 3 aromatic rings. The summed E-state index contributed by atoms with van der Waals surface area (Å²) in [7, 11) is 2.08. The molecule has 1 aliphatic heterocycles. The number of aliphatic hydroxyl groups excluding tert-OH is 1. The van der Waals surface area contributed by atoms with Crippen molar-refractivity contribution in [3.8, 4) is 0 Å². The topological polar surface area (TPSA) is 69.5 Å². The summed E-state index contributed by atoms with van der Waals surface area (Å²) < 4.78 is 4.43. The van der Waals surface area contributed by atoms with Crippen LogP contribution in [0.25, 0.3) is 10.9 Å². The fourth-order valence-corrected chi connectivity index (χ4v) is 6.11. The molecule has 0 saturated heterocycles. The van der Waals surface area contributed by atoms with Crippen LogP contribution in [-0.4, -0.2) is 53.6 Å². The molecule has 4 rings (SSSR count). The molecule has 37 heavy (non-hydrogen) atoms. The van der Waals surface area contributed by atoms with Gasteiger partial charge in [-0.25, -0.2) is 0 Å². The highest BCUT2D eigenvalue weighted by molar-refractivity contribution is 8.00. The number of aliphatic hydroxyl groups is 1. The predicted octanol–water partition coefficient (Wildman–Crippen LogP) is 5.03. The maximum absolute atomic E-state index is 13.7. The van der Waals surface area contributed by atoms with Gasteiger partial charge in [0.1, 0.15) is 0 Å². The summed E-state index contributed by atoms with van der Waals surface area (Å²) >= 11 is 1.79. The third kappa shape index (κ3) is 6.51. The van der Waals surface area contributed by atoms with E-state index in [1.165, 1.54) is 10.9 Å². The molecule has 0 saturated carbocycles. The van der Waals surface area contributed by atoms with Crippen molar-refractivity contribution in [2.75, 3.05) is 30.2 Å². The average molecular weight is 523 g/mol. The van der Waals surface area contributed by atoms with Crippen molar-refractivity contribution < 1.29 is 9.90 Å². The Hall–Kier alpha value is -2.48. The third-order valence-electron chi connectivity index (χ3n) is 7.66. The molecule has 2 heterocycles. The van der Waals surface area contributed by atoms with Crippen molar-refractivity contribution in [3.05, 3.63) is 65.4 Å². The van der Waals surface area contributed by atoms with E-state index in [4.69, 9.17) is 0 Å². The zero-order valence-electron chi connectivity index (χ0n) is 22.7. The molecule has 3 N–H and O–H groups in total. The van der Waals surface area contributed by atoms with Crippen LogP contribution in [0.5, 0.6) is 0 Å². The van der Waals surface area contributed by atoms with E-state index in [0.29, 0.717) is 24.4 Å². The second-order valence-corrected chi connectivity index (χ2v) is 11.3. The molecule has 0 spiro atoms. The van der Waals surface area contributed by atoms with Crippen molar-refractivity contribution in [1.29, 1.82) is 0 Å². The highest BCUT2D eigenvalue weighted by Gasteiger charge is 2.25. The molecule has 7 heteroatoms. The Morgan fingerprint density at radius 3 is 2.57 bits per heavy atom. The van der Waals surface area contributed by atoms with Gasteiger partial charge in [-0.3, -0.25) is 4.79 Å². The Morgan fingerprint density at radius 1 is 1.11 bits per heavy atom. The molecule has 2 atom stereocenters. The van der Waals surface area contributed by atoms with Crippen molar-refractivity contribution in [3.63, 3.8) is 0 Å². The number of hydrogen-bond donors (Lipinski definition) is 3. The normalized spacial score (nSPS) is 15.1. The molecule has 0 radical (unpaired) electrons. The summed E-state index contributed by atoms with van der Waals surface area (Å²) in [6.45, 7) is 8.71. The number of aromatic nitrogens is 1. The second-order valence-electron chi connectivity index (χ2n) is 10.1. The van der Waals surface area contributed by atoms with Crippen LogP contribution in [0, 0.1) is 5.92 Å². The maximum Gasteiger partial charge on any atom is 0.251 e. The molecule has 6 nitrogen and oxygen atoms in total. The monoisotopic (exact) mass is 522 g/mol. The molecule has 0 aliphatic carbocycles. The first-order valence-corrected chi connectivity index (χ1v) is 14.6. The van der Waals surface area contributed by atoms with Gasteiger partial charge in [0.15, 0.2) is 0 Å². The molecule has 0 unspecified atom stereocenters. The number of nitrogens with zero attached hydrogens (tertiary/aromatic N) is 2. The number of benzene rings is 2. The fourth-order valence-electron chi connectivity index (χ4n) is 5.24. The van der Waals surface area contributed by atoms with Gasteiger partial charge in [-0.2, -0.15) is 0 Å². The van der Waals surface area contributed by atoms with Crippen LogP contribution in [0.15, 0.2) is 48.7 Å². The number of hydrogen-bond acceptors (Lipinski definition) is 5. The molecule has 1 aromatic heterocycles. The van der Waals surface area contributed by atoms with Gasteiger partial charge in [-0.05, 0) is 67.4 Å². The van der Waals surface area contributed by atoms with Crippen LogP contribution in [0.3, 0.4) is 0 Å². The zero-order valence-corrected chi connectivity index (χ0v) is 23.5. The van der Waals surface area contributed by atoms with Gasteiger partial charge < -0.3 is 24.6 Å². The van der Waals surface area contributed by atoms with E-state index >= 15 is 0 Å². The number of nitrogens with one attached hydrogen (secondary N) is 2. The van der Waals surface area contributed by atoms with Gasteiger partial charge in [-0.15, -0.1) is 0 Å². The Morgan fingerprint density at radius 2 is 1.86 bits per heavy atom. The van der Waals surface area contributed by atoms with E-state index in [2.05, 4.69) is 53.5 Å². The third-order valence-corrected chi connectivity index (χ3v) is 8.63. The highest BCUT2D eigenvalue weighted by Crippen LogP contribution is 2.38. The summed E-state index contributed by atoms with van der Waals surface area (Å²) in [5.74, 6) is 1.47. The number of carbonyl (C=O) groups excluding carboxylic acids is 1. The standard InChI is InChI=1S/C30H42N4O2S/c1-5-21(6-2)18-31-19-28(35)25(15-22-11-9-8-10-12-22)32-30(36)24-16-26-29-23(13-14-37-33(26)4)20-34(7-3)27(29)17-24/h8-12,16-17,20-21,25,28,31,35H,5-7,13-15,18-19H2,1-4H3,(H,32,36)/t25-,28+/m0/s1. The number of aryl methyl sites for hydroxylation is 2. The summed E-state index contributed by atoms with van der Waals surface area (Å²) in [5.41, 5.74) is 5.25. The van der Waals surface area contributed by atoms with Crippen molar-refractivity contribution in [1.82, 2.24) is 15.2 Å². The van der Waals surface area contributed by atoms with E-state index in [1.807, 2.05) is 42.5 Å². The van der Waals surface area contributed by atoms with Gasteiger partial charge in [-0.1, -0.05) is 57.0 Å². The van der Waals surface area contributed by atoms with Crippen molar-refractivity contribution >= 4 is 34.4 Å². The van der Waals surface area contributed by atoms with E-state index < -0.39 is 12.1 Å². The minimum absolute atomic E-state index is 0.147. The smallest absolute Gasteiger partial charge is 0.251 e. The first-order chi connectivity index (χ1) is 17.9. The highest BCUT2D eigenvalue weighted by atomic mass is 32.2. The maximum atomic E-state index is 13.7. The Balaban J connectivity index is 1.58. The first-order valence-electron chi connectivity index (χ1n) is 13.7. The average Bonchev–Trinajstić information content (AvgIpc) is 3.19. The van der Waals surface area contributed by atoms with Crippen LogP contribution in [0.4, 0.5) is 5.69 Å². The lowest BCUT2D eigenvalue weighted by atomic mass is 9.99. The Labute approximate surface area is 225 Å². The van der Waals surface area contributed by atoms with Gasteiger partial charge in [0.05, 0.1) is 23.3 Å². The van der Waals surface area contributed by atoms with Crippen molar-refractivity contribution in [2.24, 2.45) is 5.92 Å². The molecular weight excluding hydrogens is 480 g/mol. The van der Waals surface area contributed by atoms with Crippen LogP contribution >= 0.6 is 11.9 Å². The SMILES string of the molecule is CCC(CC)CNC[C@@H](O)[C@H](Cc1ccccc1)NC(=O)c1cc2c3c(cn(CC)c3c1)CCSN2C. The van der Waals surface area contributed by atoms with Gasteiger partial charge in [0, 0.05) is 43.0 Å². The predicted molar refractivity (Wildman–Crippen MR) is 157 cm³/mol. The van der Waals surface area contributed by atoms with Gasteiger partial charge >= 0.3 is 0 Å². The van der Waals surface area contributed by atoms with Crippen molar-refractivity contribution in [2.45, 2.75) is 65.1 Å². The summed E-state index contributed by atoms with van der Waals surface area (Å²) in [6, 6.07) is 13.7. The molecule has 0 fully saturated rings. The molecular formula is C30H42N4O2S. The first kappa shape index (κ1) is 27.6. The van der Waals surface area contributed by atoms with Crippen LogP contribution in [-0.2, 0) is 19.4 Å². The van der Waals surface area contributed by atoms with Gasteiger partial charge in [0.25, 0.3) is 5.91 Å². The summed E-state index contributed by atoms with van der Waals surface area (Å²) in [6.07, 6.45) is 5.36. The Kier molecular flexibility index (Phi) is 9.57. The molecule has 200 valence electrons. The largest absolute Gasteiger partial charge is 0.390 e. The second kappa shape index (κ2) is 12.9. The zero-order chi connectivity index (χ0) is 26.4. The van der Waals surface area contributed by atoms with E-state index in [0.717, 1.165) is 54.9 Å². The van der Waals surface area contributed by atoms with E-state index in [9.17, 15) is 9.90 Å². The number of anilines is 1.